The zero-order chi connectivity index (χ0) is 26.6. The predicted octanol–water partition coefficient (Wildman–Crippen LogP) is 6.79. The van der Waals surface area contributed by atoms with Gasteiger partial charge in [-0.05, 0) is 61.1 Å². The molecule has 0 aliphatic rings. The zero-order valence-corrected chi connectivity index (χ0v) is 23.0. The molecule has 0 amide bonds. The molecule has 0 saturated heterocycles. The summed E-state index contributed by atoms with van der Waals surface area (Å²) in [5.41, 5.74) is 3.64. The van der Waals surface area contributed by atoms with Gasteiger partial charge in [-0.25, -0.2) is 13.2 Å². The summed E-state index contributed by atoms with van der Waals surface area (Å²) in [5, 5.41) is 0. The first kappa shape index (κ1) is 29.4. The van der Waals surface area contributed by atoms with E-state index in [1.165, 1.54) is 12.1 Å². The normalized spacial score (nSPS) is 12.4. The molecule has 5 nitrogen and oxygen atoms in total. The molecule has 1 atom stereocenters. The summed E-state index contributed by atoms with van der Waals surface area (Å²) in [5.74, 6) is 0.395. The van der Waals surface area contributed by atoms with E-state index in [-0.39, 0.29) is 11.7 Å². The predicted molar refractivity (Wildman–Crippen MR) is 151 cm³/mol. The third-order valence-electron chi connectivity index (χ3n) is 6.21. The van der Waals surface area contributed by atoms with Gasteiger partial charge >= 0.3 is 5.97 Å². The molecule has 0 radical (unpaired) electrons. The lowest BCUT2D eigenvalue weighted by Gasteiger charge is -2.22. The van der Waals surface area contributed by atoms with E-state index >= 15 is 0 Å². The number of sulfone groups is 1. The molecular formula is C30H41NO4S. The van der Waals surface area contributed by atoms with Gasteiger partial charge in [0.05, 0.1) is 17.3 Å². The van der Waals surface area contributed by atoms with E-state index in [9.17, 15) is 13.2 Å². The van der Waals surface area contributed by atoms with E-state index in [0.29, 0.717) is 29.4 Å². The number of esters is 1. The Kier molecular flexibility index (Phi) is 11.9. The summed E-state index contributed by atoms with van der Waals surface area (Å²) < 4.78 is 30.3. The fourth-order valence-electron chi connectivity index (χ4n) is 3.67. The standard InChI is InChI=1S/C30H41NO4S/c1-6-25(4)23-31(5)28-17-13-26(14-18-28)11-12-27-15-19-29(20-16-27)36(33,34)22-10-8-7-9-21-35-30(32)24(2)3/h11-20,25H,2,6-10,21-23H2,1,3-5H3/t25-/m1/s1. The molecule has 2 aromatic carbocycles. The van der Waals surface area contributed by atoms with Crippen molar-refractivity contribution in [1.82, 2.24) is 0 Å². The summed E-state index contributed by atoms with van der Waals surface area (Å²) in [6.07, 6.45) is 8.10. The summed E-state index contributed by atoms with van der Waals surface area (Å²) in [6, 6.07) is 15.5. The Morgan fingerprint density at radius 3 is 2.08 bits per heavy atom. The number of nitrogens with zero attached hydrogens (tertiary/aromatic N) is 1. The third-order valence-corrected chi connectivity index (χ3v) is 8.03. The number of hydrogen-bond acceptors (Lipinski definition) is 5. The molecule has 0 aromatic heterocycles. The van der Waals surface area contributed by atoms with Crippen molar-refractivity contribution in [3.05, 3.63) is 71.8 Å². The maximum absolute atomic E-state index is 12.6. The number of anilines is 1. The van der Waals surface area contributed by atoms with Crippen molar-refractivity contribution >= 4 is 33.6 Å². The Labute approximate surface area is 217 Å². The van der Waals surface area contributed by atoms with Gasteiger partial charge in [-0.15, -0.1) is 0 Å². The Balaban J connectivity index is 1.81. The summed E-state index contributed by atoms with van der Waals surface area (Å²) in [4.78, 5) is 14.0. The van der Waals surface area contributed by atoms with Crippen molar-refractivity contribution < 1.29 is 17.9 Å². The maximum Gasteiger partial charge on any atom is 0.333 e. The highest BCUT2D eigenvalue weighted by atomic mass is 32.2. The van der Waals surface area contributed by atoms with Gasteiger partial charge in [0.1, 0.15) is 0 Å². The van der Waals surface area contributed by atoms with Gasteiger partial charge in [0.2, 0.25) is 0 Å². The number of benzene rings is 2. The van der Waals surface area contributed by atoms with E-state index in [4.69, 9.17) is 4.74 Å². The van der Waals surface area contributed by atoms with Crippen LogP contribution in [0.5, 0.6) is 0 Å². The van der Waals surface area contributed by atoms with Crippen LogP contribution in [0.1, 0.15) is 64.0 Å². The first-order valence-corrected chi connectivity index (χ1v) is 14.4. The van der Waals surface area contributed by atoms with E-state index < -0.39 is 9.84 Å². The molecule has 0 spiro atoms. The number of unbranched alkanes of at least 4 members (excludes halogenated alkanes) is 3. The molecule has 2 rings (SSSR count). The molecule has 0 heterocycles. The molecule has 0 unspecified atom stereocenters. The van der Waals surface area contributed by atoms with Gasteiger partial charge < -0.3 is 9.64 Å². The maximum atomic E-state index is 12.6. The number of rotatable bonds is 15. The first-order chi connectivity index (χ1) is 17.1. The van der Waals surface area contributed by atoms with Crippen LogP contribution in [0.2, 0.25) is 0 Å². The van der Waals surface area contributed by atoms with Crippen LogP contribution < -0.4 is 4.90 Å². The second kappa shape index (κ2) is 14.6. The summed E-state index contributed by atoms with van der Waals surface area (Å²) in [7, 11) is -1.19. The van der Waals surface area contributed by atoms with Crippen LogP contribution in [-0.4, -0.2) is 40.3 Å². The van der Waals surface area contributed by atoms with E-state index in [0.717, 1.165) is 36.9 Å². The third kappa shape index (κ3) is 10.0. The van der Waals surface area contributed by atoms with Crippen molar-refractivity contribution in [2.45, 2.75) is 57.8 Å². The molecule has 0 bridgehead atoms. The quantitative estimate of drug-likeness (QED) is 0.114. The lowest BCUT2D eigenvalue weighted by Crippen LogP contribution is -2.23. The van der Waals surface area contributed by atoms with E-state index in [2.05, 4.69) is 56.6 Å². The Hall–Kier alpha value is -2.86. The molecule has 2 aromatic rings. The van der Waals surface area contributed by atoms with Gasteiger partial charge in [-0.3, -0.25) is 0 Å². The minimum atomic E-state index is -3.31. The van der Waals surface area contributed by atoms with Crippen LogP contribution in [0, 0.1) is 5.92 Å². The molecule has 0 N–H and O–H groups in total. The molecule has 0 fully saturated rings. The highest BCUT2D eigenvalue weighted by Gasteiger charge is 2.13. The van der Waals surface area contributed by atoms with Crippen molar-refractivity contribution in [3.8, 4) is 0 Å². The Bertz CT molecular complexity index is 1100. The van der Waals surface area contributed by atoms with Crippen LogP contribution in [-0.2, 0) is 19.4 Å². The first-order valence-electron chi connectivity index (χ1n) is 12.8. The van der Waals surface area contributed by atoms with E-state index in [1.807, 2.05) is 24.3 Å². The number of ether oxygens (including phenoxy) is 1. The van der Waals surface area contributed by atoms with Gasteiger partial charge in [0.25, 0.3) is 0 Å². The van der Waals surface area contributed by atoms with Gasteiger partial charge in [-0.1, -0.05) is 76.1 Å². The molecule has 6 heteroatoms. The second-order valence-electron chi connectivity index (χ2n) is 9.54. The highest BCUT2D eigenvalue weighted by Crippen LogP contribution is 2.19. The molecular weight excluding hydrogens is 470 g/mol. The highest BCUT2D eigenvalue weighted by molar-refractivity contribution is 7.91. The zero-order valence-electron chi connectivity index (χ0n) is 22.2. The van der Waals surface area contributed by atoms with Crippen molar-refractivity contribution in [1.29, 1.82) is 0 Å². The van der Waals surface area contributed by atoms with Crippen LogP contribution in [0.15, 0.2) is 65.6 Å². The molecule has 36 heavy (non-hydrogen) atoms. The van der Waals surface area contributed by atoms with Crippen LogP contribution >= 0.6 is 0 Å². The van der Waals surface area contributed by atoms with Crippen LogP contribution in [0.25, 0.3) is 12.2 Å². The summed E-state index contributed by atoms with van der Waals surface area (Å²) in [6.45, 7) is 11.0. The molecule has 0 aliphatic heterocycles. The van der Waals surface area contributed by atoms with Gasteiger partial charge in [-0.2, -0.15) is 0 Å². The van der Waals surface area contributed by atoms with Gasteiger partial charge in [0, 0.05) is 24.9 Å². The number of hydrogen-bond donors (Lipinski definition) is 0. The summed E-state index contributed by atoms with van der Waals surface area (Å²) >= 11 is 0. The Morgan fingerprint density at radius 2 is 1.53 bits per heavy atom. The largest absolute Gasteiger partial charge is 0.462 e. The van der Waals surface area contributed by atoms with Crippen molar-refractivity contribution in [3.63, 3.8) is 0 Å². The van der Waals surface area contributed by atoms with Crippen molar-refractivity contribution in [2.75, 3.05) is 30.9 Å². The topological polar surface area (TPSA) is 63.7 Å². The minimum Gasteiger partial charge on any atom is -0.462 e. The van der Waals surface area contributed by atoms with Gasteiger partial charge in [0.15, 0.2) is 9.84 Å². The SMILES string of the molecule is C=C(C)C(=O)OCCCCCCS(=O)(=O)c1ccc(C=Cc2ccc(N(C)C[C@H](C)CC)cc2)cc1. The second-order valence-corrected chi connectivity index (χ2v) is 11.6. The fourth-order valence-corrected chi connectivity index (χ4v) is 5.04. The molecule has 196 valence electrons. The minimum absolute atomic E-state index is 0.117. The molecule has 0 aliphatic carbocycles. The monoisotopic (exact) mass is 511 g/mol. The van der Waals surface area contributed by atoms with Crippen molar-refractivity contribution in [2.24, 2.45) is 5.92 Å². The number of carbonyl (C=O) groups excluding carboxylic acids is 1. The Morgan fingerprint density at radius 1 is 0.972 bits per heavy atom. The average Bonchev–Trinajstić information content (AvgIpc) is 2.87. The van der Waals surface area contributed by atoms with Crippen LogP contribution in [0.3, 0.4) is 0 Å². The van der Waals surface area contributed by atoms with E-state index in [1.54, 1.807) is 19.1 Å². The van der Waals surface area contributed by atoms with Crippen LogP contribution in [0.4, 0.5) is 5.69 Å². The molecule has 0 saturated carbocycles. The average molecular weight is 512 g/mol. The lowest BCUT2D eigenvalue weighted by atomic mass is 10.1. The number of carbonyl (C=O) groups is 1. The lowest BCUT2D eigenvalue weighted by molar-refractivity contribution is -0.139. The fraction of sp³-hybridized carbons (Fsp3) is 0.433. The smallest absolute Gasteiger partial charge is 0.333 e.